The van der Waals surface area contributed by atoms with Crippen LogP contribution in [-0.2, 0) is 0 Å². The zero-order valence-electron chi connectivity index (χ0n) is 12.1. The first-order valence-electron chi connectivity index (χ1n) is 7.90. The second-order valence-corrected chi connectivity index (χ2v) is 6.34. The van der Waals surface area contributed by atoms with E-state index in [0.717, 1.165) is 25.7 Å². The summed E-state index contributed by atoms with van der Waals surface area (Å²) in [5.74, 6) is 0.650. The molecule has 2 amide bonds. The fourth-order valence-corrected chi connectivity index (χ4v) is 3.26. The summed E-state index contributed by atoms with van der Waals surface area (Å²) in [7, 11) is 0. The predicted molar refractivity (Wildman–Crippen MR) is 76.0 cm³/mol. The van der Waals surface area contributed by atoms with Gasteiger partial charge in [0.1, 0.15) is 0 Å². The van der Waals surface area contributed by atoms with Crippen molar-refractivity contribution in [3.63, 3.8) is 0 Å². The zero-order valence-corrected chi connectivity index (χ0v) is 12.1. The second-order valence-electron chi connectivity index (χ2n) is 6.34. The van der Waals surface area contributed by atoms with Gasteiger partial charge in [0, 0.05) is 12.6 Å². The van der Waals surface area contributed by atoms with Crippen LogP contribution < -0.4 is 10.6 Å². The predicted octanol–water partition coefficient (Wildman–Crippen LogP) is 2.56. The number of carbonyl (C=O) groups excluding carboxylic acids is 1. The number of aliphatic hydroxyl groups is 1. The highest BCUT2D eigenvalue weighted by Crippen LogP contribution is 2.31. The van der Waals surface area contributed by atoms with Crippen molar-refractivity contribution in [1.82, 2.24) is 10.6 Å². The molecule has 2 rings (SSSR count). The third-order valence-corrected chi connectivity index (χ3v) is 4.77. The number of hydrogen-bond donors (Lipinski definition) is 3. The fourth-order valence-electron chi connectivity index (χ4n) is 3.26. The molecule has 2 aliphatic rings. The van der Waals surface area contributed by atoms with Gasteiger partial charge in [-0.25, -0.2) is 4.79 Å². The first kappa shape index (κ1) is 14.6. The molecule has 2 fully saturated rings. The minimum Gasteiger partial charge on any atom is -0.388 e. The zero-order chi connectivity index (χ0) is 13.7. The Morgan fingerprint density at radius 1 is 1.32 bits per heavy atom. The van der Waals surface area contributed by atoms with Gasteiger partial charge < -0.3 is 15.7 Å². The summed E-state index contributed by atoms with van der Waals surface area (Å²) in [4.78, 5) is 11.9. The lowest BCUT2D eigenvalue weighted by Crippen LogP contribution is -2.52. The largest absolute Gasteiger partial charge is 0.388 e. The molecule has 0 radical (unpaired) electrons. The van der Waals surface area contributed by atoms with Gasteiger partial charge in [0.25, 0.3) is 0 Å². The molecule has 2 aliphatic carbocycles. The molecular weight excluding hydrogens is 240 g/mol. The Morgan fingerprint density at radius 3 is 2.74 bits per heavy atom. The average molecular weight is 268 g/mol. The van der Waals surface area contributed by atoms with Crippen molar-refractivity contribution in [2.75, 3.05) is 6.54 Å². The lowest BCUT2D eigenvalue weighted by atomic mass is 9.80. The molecule has 0 bridgehead atoms. The molecular formula is C15H28N2O2. The SMILES string of the molecule is CCCCC1CCCC1NC(=O)NCC1(O)CCC1. The van der Waals surface area contributed by atoms with Gasteiger partial charge in [0.2, 0.25) is 0 Å². The maximum Gasteiger partial charge on any atom is 0.315 e. The highest BCUT2D eigenvalue weighted by Gasteiger charge is 2.35. The van der Waals surface area contributed by atoms with Gasteiger partial charge in [0.05, 0.1) is 5.60 Å². The molecule has 2 saturated carbocycles. The van der Waals surface area contributed by atoms with E-state index >= 15 is 0 Å². The number of hydrogen-bond acceptors (Lipinski definition) is 2. The van der Waals surface area contributed by atoms with E-state index < -0.39 is 5.60 Å². The first-order chi connectivity index (χ1) is 9.13. The van der Waals surface area contributed by atoms with E-state index in [1.165, 1.54) is 32.1 Å². The fraction of sp³-hybridized carbons (Fsp3) is 0.933. The Balaban J connectivity index is 1.68. The summed E-state index contributed by atoms with van der Waals surface area (Å²) < 4.78 is 0. The van der Waals surface area contributed by atoms with Crippen LogP contribution in [0.1, 0.15) is 64.7 Å². The molecule has 4 heteroatoms. The van der Waals surface area contributed by atoms with Crippen LogP contribution in [0.5, 0.6) is 0 Å². The third kappa shape index (κ3) is 4.10. The Morgan fingerprint density at radius 2 is 2.11 bits per heavy atom. The summed E-state index contributed by atoms with van der Waals surface area (Å²) in [6.07, 6.45) is 9.98. The van der Waals surface area contributed by atoms with Gasteiger partial charge in [-0.1, -0.05) is 26.2 Å². The Labute approximate surface area is 116 Å². The van der Waals surface area contributed by atoms with E-state index in [1.54, 1.807) is 0 Å². The van der Waals surface area contributed by atoms with Crippen LogP contribution in [0.2, 0.25) is 0 Å². The summed E-state index contributed by atoms with van der Waals surface area (Å²) in [6, 6.07) is 0.233. The summed E-state index contributed by atoms with van der Waals surface area (Å²) in [5, 5.41) is 15.9. The molecule has 3 N–H and O–H groups in total. The van der Waals surface area contributed by atoms with Gasteiger partial charge in [0.15, 0.2) is 0 Å². The van der Waals surface area contributed by atoms with Crippen molar-refractivity contribution in [1.29, 1.82) is 0 Å². The first-order valence-corrected chi connectivity index (χ1v) is 7.90. The van der Waals surface area contributed by atoms with Gasteiger partial charge in [-0.2, -0.15) is 0 Å². The van der Waals surface area contributed by atoms with E-state index in [-0.39, 0.29) is 6.03 Å². The molecule has 2 atom stereocenters. The summed E-state index contributed by atoms with van der Waals surface area (Å²) in [5.41, 5.74) is -0.630. The number of unbranched alkanes of at least 4 members (excludes halogenated alkanes) is 1. The van der Waals surface area contributed by atoms with Crippen LogP contribution in [-0.4, -0.2) is 29.3 Å². The normalized spacial score (nSPS) is 28.7. The molecule has 2 unspecified atom stereocenters. The number of amides is 2. The lowest BCUT2D eigenvalue weighted by molar-refractivity contribution is -0.0290. The van der Waals surface area contributed by atoms with Crippen LogP contribution in [0, 0.1) is 5.92 Å². The number of carbonyl (C=O) groups is 1. The molecule has 0 spiro atoms. The minimum absolute atomic E-state index is 0.103. The van der Waals surface area contributed by atoms with E-state index in [9.17, 15) is 9.90 Å². The standard InChI is InChI=1S/C15H28N2O2/c1-2-3-6-12-7-4-8-13(12)17-14(18)16-11-15(19)9-5-10-15/h12-13,19H,2-11H2,1H3,(H2,16,17,18). The number of urea groups is 1. The smallest absolute Gasteiger partial charge is 0.315 e. The molecule has 19 heavy (non-hydrogen) atoms. The molecule has 4 nitrogen and oxygen atoms in total. The van der Waals surface area contributed by atoms with Gasteiger partial charge in [-0.3, -0.25) is 0 Å². The molecule has 0 heterocycles. The van der Waals surface area contributed by atoms with E-state index in [4.69, 9.17) is 0 Å². The molecule has 0 saturated heterocycles. The lowest BCUT2D eigenvalue weighted by Gasteiger charge is -2.36. The molecule has 0 aromatic rings. The molecule has 0 aromatic carbocycles. The van der Waals surface area contributed by atoms with E-state index in [0.29, 0.717) is 18.5 Å². The van der Waals surface area contributed by atoms with Gasteiger partial charge in [-0.15, -0.1) is 0 Å². The van der Waals surface area contributed by atoms with E-state index in [1.807, 2.05) is 0 Å². The second kappa shape index (κ2) is 6.60. The van der Waals surface area contributed by atoms with Crippen LogP contribution in [0.3, 0.4) is 0 Å². The molecule has 110 valence electrons. The van der Waals surface area contributed by atoms with Crippen molar-refractivity contribution in [2.45, 2.75) is 76.4 Å². The third-order valence-electron chi connectivity index (χ3n) is 4.77. The van der Waals surface area contributed by atoms with E-state index in [2.05, 4.69) is 17.6 Å². The van der Waals surface area contributed by atoms with Gasteiger partial charge >= 0.3 is 6.03 Å². The van der Waals surface area contributed by atoms with Crippen molar-refractivity contribution in [3.8, 4) is 0 Å². The van der Waals surface area contributed by atoms with Crippen LogP contribution in [0.25, 0.3) is 0 Å². The highest BCUT2D eigenvalue weighted by atomic mass is 16.3. The Hall–Kier alpha value is -0.770. The average Bonchev–Trinajstić information content (AvgIpc) is 2.79. The monoisotopic (exact) mass is 268 g/mol. The quantitative estimate of drug-likeness (QED) is 0.693. The molecule has 0 aliphatic heterocycles. The van der Waals surface area contributed by atoms with Gasteiger partial charge in [-0.05, 0) is 44.4 Å². The molecule has 0 aromatic heterocycles. The highest BCUT2D eigenvalue weighted by molar-refractivity contribution is 5.74. The minimum atomic E-state index is -0.630. The Bertz CT molecular complexity index is 303. The Kier molecular flexibility index (Phi) is 5.08. The summed E-state index contributed by atoms with van der Waals surface area (Å²) in [6.45, 7) is 2.61. The number of rotatable bonds is 6. The van der Waals surface area contributed by atoms with Crippen molar-refractivity contribution in [2.24, 2.45) is 5.92 Å². The van der Waals surface area contributed by atoms with Crippen molar-refractivity contribution in [3.05, 3.63) is 0 Å². The number of nitrogens with one attached hydrogen (secondary N) is 2. The summed E-state index contributed by atoms with van der Waals surface area (Å²) >= 11 is 0. The van der Waals surface area contributed by atoms with Crippen LogP contribution in [0.15, 0.2) is 0 Å². The van der Waals surface area contributed by atoms with Crippen molar-refractivity contribution < 1.29 is 9.90 Å². The maximum absolute atomic E-state index is 11.9. The van der Waals surface area contributed by atoms with Crippen molar-refractivity contribution >= 4 is 6.03 Å². The topological polar surface area (TPSA) is 61.4 Å². The van der Waals surface area contributed by atoms with Crippen LogP contribution in [0.4, 0.5) is 4.79 Å². The maximum atomic E-state index is 11.9. The van der Waals surface area contributed by atoms with Crippen LogP contribution >= 0.6 is 0 Å².